The molecule has 4 aromatic carbocycles. The number of aromatic nitrogens is 8. The first kappa shape index (κ1) is 103. The number of likely N-dealkylation sites (N-methyl/N-ethyl adjacent to an activating group) is 4. The Morgan fingerprint density at radius 1 is 0.418 bits per heavy atom. The summed E-state index contributed by atoms with van der Waals surface area (Å²) in [6.45, 7) is 32.2. The zero-order chi connectivity index (χ0) is 95.9. The molecule has 42 nitrogen and oxygen atoms in total. The molecule has 0 saturated carbocycles. The molecule has 8 aliphatic heterocycles. The molecule has 12 heterocycles. The van der Waals surface area contributed by atoms with Crippen LogP contribution in [0.15, 0.2) is 98.6 Å². The molecule has 0 atom stereocenters. The van der Waals surface area contributed by atoms with E-state index in [0.717, 1.165) is 121 Å². The number of nitrogens with one attached hydrogen (secondary N) is 6. The molecule has 8 N–H and O–H groups in total. The normalized spacial score (nSPS) is 16.7. The molecule has 8 saturated heterocycles. The molecule has 134 heavy (non-hydrogen) atoms. The number of morpholine rings is 4. The molecular formula is C86H114Cl5FN28O14. The van der Waals surface area contributed by atoms with Gasteiger partial charge in [0.1, 0.15) is 48.8 Å². The van der Waals surface area contributed by atoms with E-state index in [1.807, 2.05) is 46.0 Å². The van der Waals surface area contributed by atoms with Crippen LogP contribution >= 0.6 is 58.0 Å². The van der Waals surface area contributed by atoms with Crippen molar-refractivity contribution >= 4 is 179 Å². The second-order valence-corrected chi connectivity index (χ2v) is 33.2. The summed E-state index contributed by atoms with van der Waals surface area (Å²) in [5.74, 6) is 4.24. The lowest BCUT2D eigenvalue weighted by Gasteiger charge is -2.35. The van der Waals surface area contributed by atoms with Gasteiger partial charge in [-0.1, -0.05) is 59.6 Å². The van der Waals surface area contributed by atoms with Gasteiger partial charge in [0, 0.05) is 193 Å². The lowest BCUT2D eigenvalue weighted by atomic mass is 10.1. The first-order valence-electron chi connectivity index (χ1n) is 43.2. The Bertz CT molecular complexity index is 5280. The third kappa shape index (κ3) is 29.2. The number of ether oxygens (including phenoxy) is 8. The van der Waals surface area contributed by atoms with Gasteiger partial charge in [0.2, 0.25) is 40.8 Å². The Hall–Kier alpha value is -11.6. The van der Waals surface area contributed by atoms with Crippen molar-refractivity contribution in [1.29, 1.82) is 0 Å². The van der Waals surface area contributed by atoms with Crippen molar-refractivity contribution in [3.8, 4) is 23.0 Å². The molecule has 4 aromatic heterocycles. The van der Waals surface area contributed by atoms with Crippen molar-refractivity contribution in [1.82, 2.24) is 64.8 Å². The topological polar surface area (TPSA) is 431 Å². The van der Waals surface area contributed by atoms with Gasteiger partial charge in [-0.15, -0.1) is 0 Å². The third-order valence-electron chi connectivity index (χ3n) is 22.2. The van der Waals surface area contributed by atoms with E-state index in [9.17, 15) is 34.2 Å². The average Bonchev–Trinajstić information content (AvgIpc) is 0.590. The van der Waals surface area contributed by atoms with Gasteiger partial charge < -0.3 is 129 Å². The smallest absolute Gasteiger partial charge is 0.307 e. The second kappa shape index (κ2) is 51.2. The number of nitro groups is 2. The predicted molar refractivity (Wildman–Crippen MR) is 522 cm³/mol. The van der Waals surface area contributed by atoms with Crippen LogP contribution in [0.1, 0.15) is 0 Å². The Balaban J connectivity index is 0.000000165. The molecule has 0 bridgehead atoms. The number of halogens is 6. The number of rotatable bonds is 24. The number of nitrogen functional groups attached to an aromatic ring is 1. The highest BCUT2D eigenvalue weighted by Gasteiger charge is 2.31. The van der Waals surface area contributed by atoms with E-state index in [1.165, 1.54) is 51.8 Å². The number of anilines is 17. The minimum absolute atomic E-state index is 0.000203. The molecule has 16 rings (SSSR count). The Labute approximate surface area is 801 Å². The van der Waals surface area contributed by atoms with E-state index < -0.39 is 21.7 Å². The summed E-state index contributed by atoms with van der Waals surface area (Å²) in [5, 5.41) is 42.7. The van der Waals surface area contributed by atoms with Crippen LogP contribution in [0.25, 0.3) is 0 Å². The highest BCUT2D eigenvalue weighted by molar-refractivity contribution is 6.66. The maximum Gasteiger partial charge on any atom is 0.307 e. The quantitative estimate of drug-likeness (QED) is 0.00971. The van der Waals surface area contributed by atoms with Crippen molar-refractivity contribution in [2.75, 3.05) is 333 Å². The number of nitrogens with zero attached hydrogens (tertiary/aromatic N) is 21. The van der Waals surface area contributed by atoms with Crippen molar-refractivity contribution < 1.29 is 61.7 Å². The van der Waals surface area contributed by atoms with Crippen LogP contribution in [0.3, 0.4) is 0 Å². The van der Waals surface area contributed by atoms with Gasteiger partial charge in [-0.2, -0.15) is 24.3 Å². The van der Waals surface area contributed by atoms with Gasteiger partial charge >= 0.3 is 5.69 Å². The molecule has 0 spiro atoms. The summed E-state index contributed by atoms with van der Waals surface area (Å²) < 4.78 is 57.2. The molecule has 48 heteroatoms. The Morgan fingerprint density at radius 2 is 0.709 bits per heavy atom. The lowest BCUT2D eigenvalue weighted by Crippen LogP contribution is -2.44. The first-order chi connectivity index (χ1) is 64.6. The van der Waals surface area contributed by atoms with Crippen LogP contribution < -0.4 is 90.9 Å². The summed E-state index contributed by atoms with van der Waals surface area (Å²) in [4.78, 5) is 102. The van der Waals surface area contributed by atoms with Crippen LogP contribution in [0, 0.1) is 26.0 Å². The summed E-state index contributed by atoms with van der Waals surface area (Å²) in [6.07, 6.45) is 8.42. The number of allylic oxidation sites excluding steroid dienone is 1. The highest BCUT2D eigenvalue weighted by atomic mass is 35.5. The molecule has 8 aromatic rings. The summed E-state index contributed by atoms with van der Waals surface area (Å²) in [6, 6.07) is 12.7. The van der Waals surface area contributed by atoms with Gasteiger partial charge in [0.15, 0.2) is 23.3 Å². The van der Waals surface area contributed by atoms with Gasteiger partial charge in [-0.3, -0.25) is 29.8 Å². The molecule has 8 fully saturated rings. The SMILES string of the molecule is C=CC(=O)Cl.C=CC(=O)Nc1cc(Nc2ncc(Cl)c(N3CCOCC3)n2)c(OC)cc1N1CCN(C)CC1.CN1CCNCC1.COc1cc(F)c([N+](=O)[O-])cc1Nc1ncc(Cl)c(N2CCOCC2)n1.COc1cc(N2CCN(C)CC2)c(N)cc1Nc1ncc(Cl)c(N2CCOCC2)n1.COc1cc(N2CCN(C)CC2)c([N+](=O)[O-])cc1Nc1ncc(Cl)c(N2CCOCC2)n1. The number of nitro benzene ring substituents is 2. The van der Waals surface area contributed by atoms with Crippen molar-refractivity contribution in [3.63, 3.8) is 0 Å². The van der Waals surface area contributed by atoms with Crippen LogP contribution in [-0.4, -0.2) is 347 Å². The second-order valence-electron chi connectivity index (χ2n) is 31.2. The number of benzene rings is 4. The molecule has 0 unspecified atom stereocenters. The van der Waals surface area contributed by atoms with Crippen molar-refractivity contribution in [2.45, 2.75) is 0 Å². The molecule has 1 amide bonds. The standard InChI is InChI=1S/C23H30ClN7O3.C20H26ClN7O4.C20H28ClN7O2.C15H15ClFN5O4.C5H12N2.C3H3ClO/c1-4-21(32)26-17-13-18(20(33-3)14-19(17)30-7-5-29(2)6-8-30)27-23-25-15-16(24)22(28-23)31-9-11-34-12-10-31;1-25-3-5-26(6-4-25)16-12-18(31-2)15(11-17(16)28(29)30)23-20-22-13-14(21)19(24-20)27-7-9-32-10-8-27;1-26-3-5-27(6-4-26)17-12-18(29-2)16(11-15(17)22)24-20-23-13-14(21)19(25-20)28-7-9-30-10-8-28;1-25-13-6-10(17)12(22(23)24)7-11(13)19-15-18-8-9(16)14(20-15)21-2-4-26-5-3-21;1-7-4-2-6-3-5-7;1-2-3(4)5/h4,13-15H,1,5-12H2,2-3H3,(H,26,32)(H,25,27,28);11-13H,3-10H2,1-2H3,(H,22,23,24);11-13H,3-10,22H2,1-2H3,(H,23,24,25);6-8H,2-5H2,1H3,(H,18,19,20);6H,2-5H2,1H3;2H,1H2. The van der Waals surface area contributed by atoms with E-state index in [4.69, 9.17) is 102 Å². The number of methoxy groups -OCH3 is 4. The van der Waals surface area contributed by atoms with Gasteiger partial charge in [-0.25, -0.2) is 19.9 Å². The number of amides is 1. The number of carbonyl (C=O) groups is 2. The highest BCUT2D eigenvalue weighted by Crippen LogP contribution is 2.44. The zero-order valence-corrected chi connectivity index (χ0v) is 79.9. The molecule has 0 aliphatic carbocycles. The van der Waals surface area contributed by atoms with Crippen LogP contribution in [-0.2, 0) is 28.5 Å². The van der Waals surface area contributed by atoms with Gasteiger partial charge in [0.25, 0.3) is 5.69 Å². The average molecular weight is 1960 g/mol. The van der Waals surface area contributed by atoms with Gasteiger partial charge in [-0.05, 0) is 64.1 Å². The van der Waals surface area contributed by atoms with Crippen LogP contribution in [0.5, 0.6) is 23.0 Å². The Kier molecular flexibility index (Phi) is 39.4. The number of piperazine rings is 4. The molecule has 8 aliphatic rings. The number of carbonyl (C=O) groups excluding carboxylic acids is 2. The largest absolute Gasteiger partial charge is 0.494 e. The maximum atomic E-state index is 13.7. The van der Waals surface area contributed by atoms with Gasteiger partial charge in [0.05, 0.1) is 161 Å². The third-order valence-corrected chi connectivity index (χ3v) is 23.5. The number of hydrogen-bond donors (Lipinski definition) is 7. The van der Waals surface area contributed by atoms with E-state index in [2.05, 4.69) is 145 Å². The van der Waals surface area contributed by atoms with E-state index in [-0.39, 0.29) is 39.9 Å². The molecular weight excluding hydrogens is 1850 g/mol. The van der Waals surface area contributed by atoms with Crippen molar-refractivity contribution in [3.05, 3.63) is 145 Å². The minimum atomic E-state index is -0.997. The monoisotopic (exact) mass is 1960 g/mol. The number of hydrogen-bond acceptors (Lipinski definition) is 39. The Morgan fingerprint density at radius 3 is 1.02 bits per heavy atom. The summed E-state index contributed by atoms with van der Waals surface area (Å²) in [7, 11) is 14.5. The summed E-state index contributed by atoms with van der Waals surface area (Å²) >= 11 is 29.9. The number of nitrogens with two attached hydrogens (primary N) is 1. The maximum absolute atomic E-state index is 13.7. The fraction of sp³-hybridized carbons (Fsp3) is 0.465. The van der Waals surface area contributed by atoms with E-state index >= 15 is 0 Å². The first-order valence-corrected chi connectivity index (χ1v) is 45.1. The fourth-order valence-electron chi connectivity index (χ4n) is 14.7. The van der Waals surface area contributed by atoms with Crippen molar-refractivity contribution in [2.24, 2.45) is 0 Å². The van der Waals surface area contributed by atoms with Crippen LogP contribution in [0.2, 0.25) is 20.1 Å². The predicted octanol–water partition coefficient (Wildman–Crippen LogP) is 10.3. The molecule has 724 valence electrons. The van der Waals surface area contributed by atoms with E-state index in [1.54, 1.807) is 32.7 Å². The lowest BCUT2D eigenvalue weighted by molar-refractivity contribution is -0.387. The fourth-order valence-corrected chi connectivity index (χ4v) is 15.6. The zero-order valence-electron chi connectivity index (χ0n) is 76.1. The molecule has 0 radical (unpaired) electrons. The summed E-state index contributed by atoms with van der Waals surface area (Å²) in [5.41, 5.74) is 11.4. The van der Waals surface area contributed by atoms with E-state index in [0.29, 0.717) is 212 Å². The minimum Gasteiger partial charge on any atom is -0.494 e. The van der Waals surface area contributed by atoms with Crippen LogP contribution in [0.4, 0.5) is 114 Å².